The number of alkyl halides is 1. The number of rotatable bonds is 1. The molecule has 13 heavy (non-hydrogen) atoms. The maximum absolute atomic E-state index is 11.4. The highest BCUT2D eigenvalue weighted by molar-refractivity contribution is 9.08. The molecule has 0 saturated heterocycles. The summed E-state index contributed by atoms with van der Waals surface area (Å²) in [4.78, 5) is 14.3. The van der Waals surface area contributed by atoms with Crippen molar-refractivity contribution in [1.29, 1.82) is 0 Å². The largest absolute Gasteiger partial charge is 0.325 e. The van der Waals surface area contributed by atoms with Crippen LogP contribution in [0.25, 0.3) is 0 Å². The molecule has 1 aromatic heterocycles. The fourth-order valence-corrected chi connectivity index (χ4v) is 1.49. The number of H-pyrrole nitrogens is 1. The third-order valence-electron chi connectivity index (χ3n) is 1.94. The number of aromatic nitrogens is 1. The summed E-state index contributed by atoms with van der Waals surface area (Å²) in [5, 5.41) is 0.604. The predicted molar refractivity (Wildman–Crippen MR) is 58.4 cm³/mol. The molecule has 0 fully saturated rings. The van der Waals surface area contributed by atoms with Crippen LogP contribution in [0.5, 0.6) is 0 Å². The molecule has 0 saturated carbocycles. The average molecular weight is 244 g/mol. The van der Waals surface area contributed by atoms with Crippen molar-refractivity contribution in [1.82, 2.24) is 4.98 Å². The summed E-state index contributed by atoms with van der Waals surface area (Å²) in [6.45, 7) is 6.23. The van der Waals surface area contributed by atoms with Crippen LogP contribution in [-0.2, 0) is 10.7 Å². The summed E-state index contributed by atoms with van der Waals surface area (Å²) in [5.41, 5.74) is 1.75. The first-order chi connectivity index (χ1) is 5.95. The van der Waals surface area contributed by atoms with Crippen LogP contribution in [0.3, 0.4) is 0 Å². The fourth-order valence-electron chi connectivity index (χ4n) is 1.05. The SMILES string of the molecule is CC(C)(C)c1ccc(CBr)c(=O)[nH]1. The van der Waals surface area contributed by atoms with E-state index in [1.165, 1.54) is 0 Å². The summed E-state index contributed by atoms with van der Waals surface area (Å²) in [7, 11) is 0. The molecule has 0 aliphatic carbocycles. The second kappa shape index (κ2) is 3.66. The number of hydrogen-bond donors (Lipinski definition) is 1. The molecule has 0 bridgehead atoms. The van der Waals surface area contributed by atoms with Gasteiger partial charge in [0, 0.05) is 22.0 Å². The van der Waals surface area contributed by atoms with Gasteiger partial charge >= 0.3 is 0 Å². The first-order valence-electron chi connectivity index (χ1n) is 4.24. The fraction of sp³-hybridized carbons (Fsp3) is 0.500. The van der Waals surface area contributed by atoms with Crippen LogP contribution in [0.15, 0.2) is 16.9 Å². The smallest absolute Gasteiger partial charge is 0.252 e. The van der Waals surface area contributed by atoms with E-state index in [1.807, 2.05) is 12.1 Å². The molecule has 2 nitrogen and oxygen atoms in total. The third-order valence-corrected chi connectivity index (χ3v) is 2.55. The van der Waals surface area contributed by atoms with Crippen molar-refractivity contribution in [2.24, 2.45) is 0 Å². The zero-order valence-corrected chi connectivity index (χ0v) is 9.73. The quantitative estimate of drug-likeness (QED) is 0.756. The molecular formula is C10H14BrNO. The van der Waals surface area contributed by atoms with E-state index in [1.54, 1.807) is 0 Å². The Morgan fingerprint density at radius 1 is 1.38 bits per heavy atom. The standard InChI is InChI=1S/C10H14BrNO/c1-10(2,3)8-5-4-7(6-11)9(13)12-8/h4-5H,6H2,1-3H3,(H,12,13). The molecule has 1 N–H and O–H groups in total. The molecule has 0 aliphatic rings. The minimum atomic E-state index is 0.00397. The molecule has 0 unspecified atom stereocenters. The first kappa shape index (κ1) is 10.5. The van der Waals surface area contributed by atoms with Crippen LogP contribution < -0.4 is 5.56 Å². The summed E-state index contributed by atoms with van der Waals surface area (Å²) < 4.78 is 0. The van der Waals surface area contributed by atoms with Crippen molar-refractivity contribution >= 4 is 15.9 Å². The second-order valence-corrected chi connectivity index (χ2v) is 4.67. The lowest BCUT2D eigenvalue weighted by molar-refractivity contribution is 0.566. The van der Waals surface area contributed by atoms with Crippen LogP contribution in [0, 0.1) is 0 Å². The van der Waals surface area contributed by atoms with E-state index in [4.69, 9.17) is 0 Å². The molecule has 0 amide bonds. The Morgan fingerprint density at radius 2 is 2.00 bits per heavy atom. The van der Waals surface area contributed by atoms with E-state index in [9.17, 15) is 4.79 Å². The van der Waals surface area contributed by atoms with Gasteiger partial charge in [0.2, 0.25) is 0 Å². The van der Waals surface area contributed by atoms with Gasteiger partial charge in [-0.2, -0.15) is 0 Å². The van der Waals surface area contributed by atoms with Crippen LogP contribution in [0.4, 0.5) is 0 Å². The third kappa shape index (κ3) is 2.44. The van der Waals surface area contributed by atoms with Crippen molar-refractivity contribution in [2.75, 3.05) is 0 Å². The highest BCUT2D eigenvalue weighted by Crippen LogP contribution is 2.18. The van der Waals surface area contributed by atoms with E-state index in [2.05, 4.69) is 41.7 Å². The molecule has 0 aliphatic heterocycles. The van der Waals surface area contributed by atoms with Gasteiger partial charge in [-0.25, -0.2) is 0 Å². The van der Waals surface area contributed by atoms with Crippen LogP contribution in [0.2, 0.25) is 0 Å². The number of pyridine rings is 1. The maximum atomic E-state index is 11.4. The van der Waals surface area contributed by atoms with Crippen LogP contribution >= 0.6 is 15.9 Å². The number of aromatic amines is 1. The molecule has 0 atom stereocenters. The van der Waals surface area contributed by atoms with Gasteiger partial charge < -0.3 is 4.98 Å². The Morgan fingerprint density at radius 3 is 2.38 bits per heavy atom. The molecule has 72 valence electrons. The first-order valence-corrected chi connectivity index (χ1v) is 5.36. The zero-order chi connectivity index (χ0) is 10.1. The average Bonchev–Trinajstić information content (AvgIpc) is 2.02. The Hall–Kier alpha value is -0.570. The van der Waals surface area contributed by atoms with Crippen molar-refractivity contribution < 1.29 is 0 Å². The van der Waals surface area contributed by atoms with Gasteiger partial charge in [0.05, 0.1) is 0 Å². The van der Waals surface area contributed by atoms with Gasteiger partial charge in [0.15, 0.2) is 0 Å². The van der Waals surface area contributed by atoms with E-state index >= 15 is 0 Å². The van der Waals surface area contributed by atoms with Crippen molar-refractivity contribution in [3.8, 4) is 0 Å². The van der Waals surface area contributed by atoms with Crippen molar-refractivity contribution in [3.05, 3.63) is 33.7 Å². The lowest BCUT2D eigenvalue weighted by Gasteiger charge is -2.18. The maximum Gasteiger partial charge on any atom is 0.252 e. The normalized spacial score (nSPS) is 11.7. The molecule has 0 aromatic carbocycles. The van der Waals surface area contributed by atoms with Gasteiger partial charge in [-0.15, -0.1) is 0 Å². The Kier molecular flexibility index (Phi) is 2.96. The van der Waals surface area contributed by atoms with E-state index < -0.39 is 0 Å². The Bertz CT molecular complexity index is 349. The van der Waals surface area contributed by atoms with Gasteiger partial charge in [0.25, 0.3) is 5.56 Å². The molecule has 3 heteroatoms. The second-order valence-electron chi connectivity index (χ2n) is 4.11. The Labute approximate surface area is 86.5 Å². The molecule has 1 heterocycles. The predicted octanol–water partition coefficient (Wildman–Crippen LogP) is 2.57. The molecule has 1 rings (SSSR count). The van der Waals surface area contributed by atoms with Gasteiger partial charge in [-0.1, -0.05) is 42.8 Å². The minimum absolute atomic E-state index is 0.00397. The Balaban J connectivity index is 3.18. The molecule has 1 aromatic rings. The number of halogens is 1. The van der Waals surface area contributed by atoms with E-state index in [0.717, 1.165) is 11.3 Å². The van der Waals surface area contributed by atoms with E-state index in [-0.39, 0.29) is 11.0 Å². The highest BCUT2D eigenvalue weighted by atomic mass is 79.9. The number of nitrogens with one attached hydrogen (secondary N) is 1. The minimum Gasteiger partial charge on any atom is -0.325 e. The summed E-state index contributed by atoms with van der Waals surface area (Å²) in [6.07, 6.45) is 0. The van der Waals surface area contributed by atoms with Gasteiger partial charge in [0.1, 0.15) is 0 Å². The molecule has 0 spiro atoms. The summed E-state index contributed by atoms with van der Waals surface area (Å²) >= 11 is 3.26. The lowest BCUT2D eigenvalue weighted by Crippen LogP contribution is -2.21. The van der Waals surface area contributed by atoms with Gasteiger partial charge in [-0.05, 0) is 6.07 Å². The topological polar surface area (TPSA) is 32.9 Å². The van der Waals surface area contributed by atoms with Crippen LogP contribution in [0.1, 0.15) is 32.0 Å². The molecular weight excluding hydrogens is 230 g/mol. The van der Waals surface area contributed by atoms with Crippen molar-refractivity contribution in [2.45, 2.75) is 31.5 Å². The monoisotopic (exact) mass is 243 g/mol. The van der Waals surface area contributed by atoms with Gasteiger partial charge in [-0.3, -0.25) is 4.79 Å². The van der Waals surface area contributed by atoms with E-state index in [0.29, 0.717) is 5.33 Å². The summed E-state index contributed by atoms with van der Waals surface area (Å²) in [6, 6.07) is 3.84. The molecule has 0 radical (unpaired) electrons. The van der Waals surface area contributed by atoms with Crippen molar-refractivity contribution in [3.63, 3.8) is 0 Å². The van der Waals surface area contributed by atoms with Crippen LogP contribution in [-0.4, -0.2) is 4.98 Å². The zero-order valence-electron chi connectivity index (χ0n) is 8.15. The lowest BCUT2D eigenvalue weighted by atomic mass is 9.91. The summed E-state index contributed by atoms with van der Waals surface area (Å²) in [5.74, 6) is 0. The highest BCUT2D eigenvalue weighted by Gasteiger charge is 2.14. The number of hydrogen-bond acceptors (Lipinski definition) is 1.